The van der Waals surface area contributed by atoms with E-state index in [0.717, 1.165) is 29.8 Å². The van der Waals surface area contributed by atoms with Crippen LogP contribution in [-0.4, -0.2) is 12.0 Å². The molecule has 0 bridgehead atoms. The number of aryl methyl sites for hydroxylation is 1. The fourth-order valence-corrected chi connectivity index (χ4v) is 2.75. The van der Waals surface area contributed by atoms with Gasteiger partial charge >= 0.3 is 0 Å². The molecule has 0 atom stereocenters. The molecule has 1 fully saturated rings. The maximum Gasteiger partial charge on any atom is 0.255 e. The fraction of sp³-hybridized carbons (Fsp3) is 0.316. The largest absolute Gasteiger partial charge is 0.490 e. The smallest absolute Gasteiger partial charge is 0.255 e. The lowest BCUT2D eigenvalue weighted by Crippen LogP contribution is -2.13. The summed E-state index contributed by atoms with van der Waals surface area (Å²) in [5, 5.41) is 2.92. The highest BCUT2D eigenvalue weighted by atomic mass is 16.5. The van der Waals surface area contributed by atoms with Gasteiger partial charge in [-0.3, -0.25) is 4.79 Å². The molecule has 2 aromatic carbocycles. The number of amides is 1. The first-order valence-corrected chi connectivity index (χ1v) is 7.85. The van der Waals surface area contributed by atoms with E-state index in [4.69, 9.17) is 4.74 Å². The van der Waals surface area contributed by atoms with Crippen LogP contribution in [0.15, 0.2) is 48.5 Å². The maximum absolute atomic E-state index is 12.2. The summed E-state index contributed by atoms with van der Waals surface area (Å²) in [5.74, 6) is 0.728. The molecule has 0 heterocycles. The van der Waals surface area contributed by atoms with E-state index in [1.54, 1.807) is 0 Å². The molecule has 22 heavy (non-hydrogen) atoms. The predicted molar refractivity (Wildman–Crippen MR) is 88.5 cm³/mol. The number of carbonyl (C=O) groups is 1. The first kappa shape index (κ1) is 14.6. The van der Waals surface area contributed by atoms with Crippen LogP contribution in [0.2, 0.25) is 0 Å². The Balaban J connectivity index is 1.66. The summed E-state index contributed by atoms with van der Waals surface area (Å²) >= 11 is 0. The van der Waals surface area contributed by atoms with Crippen LogP contribution in [0.4, 0.5) is 5.69 Å². The lowest BCUT2D eigenvalue weighted by Gasteiger charge is -2.14. The Bertz CT molecular complexity index is 643. The molecule has 1 N–H and O–H groups in total. The molecule has 1 aliphatic rings. The first-order chi connectivity index (χ1) is 10.7. The number of ether oxygens (including phenoxy) is 1. The summed E-state index contributed by atoms with van der Waals surface area (Å²) in [4.78, 5) is 12.2. The molecular formula is C19H21NO2. The third-order valence-corrected chi connectivity index (χ3v) is 4.01. The van der Waals surface area contributed by atoms with E-state index in [1.165, 1.54) is 12.8 Å². The first-order valence-electron chi connectivity index (χ1n) is 7.85. The molecule has 114 valence electrons. The van der Waals surface area contributed by atoms with Crippen LogP contribution in [0.25, 0.3) is 0 Å². The monoisotopic (exact) mass is 295 g/mol. The second kappa shape index (κ2) is 6.65. The van der Waals surface area contributed by atoms with Gasteiger partial charge in [-0.25, -0.2) is 0 Å². The molecule has 0 unspecified atom stereocenters. The van der Waals surface area contributed by atoms with E-state index >= 15 is 0 Å². The van der Waals surface area contributed by atoms with E-state index in [1.807, 2.05) is 55.5 Å². The zero-order valence-electron chi connectivity index (χ0n) is 12.8. The van der Waals surface area contributed by atoms with E-state index in [-0.39, 0.29) is 5.91 Å². The Morgan fingerprint density at radius 1 is 1.09 bits per heavy atom. The number of hydrogen-bond acceptors (Lipinski definition) is 2. The lowest BCUT2D eigenvalue weighted by atomic mass is 10.1. The predicted octanol–water partition coefficient (Wildman–Crippen LogP) is 4.57. The van der Waals surface area contributed by atoms with E-state index in [2.05, 4.69) is 5.32 Å². The number of carbonyl (C=O) groups excluding carboxylic acids is 1. The van der Waals surface area contributed by atoms with Gasteiger partial charge in [-0.2, -0.15) is 0 Å². The standard InChI is InChI=1S/C19H21NO2/c1-14-9-11-15(12-10-14)19(21)20-16-5-4-8-18(13-16)22-17-6-2-3-7-17/h4-5,8-13,17H,2-3,6-7H2,1H3,(H,20,21). The Hall–Kier alpha value is -2.29. The third kappa shape index (κ3) is 3.67. The van der Waals surface area contributed by atoms with Gasteiger partial charge < -0.3 is 10.1 Å². The molecule has 1 aliphatic carbocycles. The summed E-state index contributed by atoms with van der Waals surface area (Å²) < 4.78 is 5.97. The normalized spacial score (nSPS) is 14.8. The van der Waals surface area contributed by atoms with E-state index in [0.29, 0.717) is 11.7 Å². The highest BCUT2D eigenvalue weighted by molar-refractivity contribution is 6.04. The van der Waals surface area contributed by atoms with Crippen LogP contribution in [0.3, 0.4) is 0 Å². The second-order valence-corrected chi connectivity index (χ2v) is 5.87. The Morgan fingerprint density at radius 2 is 1.82 bits per heavy atom. The van der Waals surface area contributed by atoms with Gasteiger partial charge in [0.2, 0.25) is 0 Å². The van der Waals surface area contributed by atoms with Gasteiger partial charge in [-0.05, 0) is 56.9 Å². The molecular weight excluding hydrogens is 274 g/mol. The number of hydrogen-bond donors (Lipinski definition) is 1. The van der Waals surface area contributed by atoms with Gasteiger partial charge in [0.15, 0.2) is 0 Å². The molecule has 0 radical (unpaired) electrons. The van der Waals surface area contributed by atoms with Crippen LogP contribution < -0.4 is 10.1 Å². The molecule has 0 saturated heterocycles. The van der Waals surface area contributed by atoms with Crippen molar-refractivity contribution < 1.29 is 9.53 Å². The molecule has 0 aromatic heterocycles. The van der Waals surface area contributed by atoms with Crippen LogP contribution >= 0.6 is 0 Å². The molecule has 1 saturated carbocycles. The summed E-state index contributed by atoms with van der Waals surface area (Å²) in [7, 11) is 0. The summed E-state index contributed by atoms with van der Waals surface area (Å²) in [6.07, 6.45) is 5.06. The van der Waals surface area contributed by atoms with Crippen molar-refractivity contribution in [3.63, 3.8) is 0 Å². The van der Waals surface area contributed by atoms with Gasteiger partial charge in [0, 0.05) is 17.3 Å². The SMILES string of the molecule is Cc1ccc(C(=O)Nc2cccc(OC3CCCC3)c2)cc1. The van der Waals surface area contributed by atoms with Crippen molar-refractivity contribution in [1.29, 1.82) is 0 Å². The van der Waals surface area contributed by atoms with Gasteiger partial charge in [-0.1, -0.05) is 23.8 Å². The molecule has 3 nitrogen and oxygen atoms in total. The van der Waals surface area contributed by atoms with Gasteiger partial charge in [-0.15, -0.1) is 0 Å². The quantitative estimate of drug-likeness (QED) is 0.897. The highest BCUT2D eigenvalue weighted by Crippen LogP contribution is 2.26. The zero-order valence-corrected chi connectivity index (χ0v) is 12.8. The van der Waals surface area contributed by atoms with Crippen LogP contribution in [-0.2, 0) is 0 Å². The van der Waals surface area contributed by atoms with Gasteiger partial charge in [0.25, 0.3) is 5.91 Å². The number of nitrogens with one attached hydrogen (secondary N) is 1. The van der Waals surface area contributed by atoms with Crippen molar-refractivity contribution in [3.8, 4) is 5.75 Å². The Labute approximate surface area is 131 Å². The lowest BCUT2D eigenvalue weighted by molar-refractivity contribution is 0.102. The minimum absolute atomic E-state index is 0.0991. The summed E-state index contributed by atoms with van der Waals surface area (Å²) in [6, 6.07) is 15.2. The number of benzene rings is 2. The summed E-state index contributed by atoms with van der Waals surface area (Å²) in [6.45, 7) is 2.01. The average Bonchev–Trinajstić information content (AvgIpc) is 3.01. The van der Waals surface area contributed by atoms with Crippen LogP contribution in [0, 0.1) is 6.92 Å². The van der Waals surface area contributed by atoms with Crippen LogP contribution in [0.1, 0.15) is 41.6 Å². The maximum atomic E-state index is 12.2. The highest BCUT2D eigenvalue weighted by Gasteiger charge is 2.16. The van der Waals surface area contributed by atoms with Crippen molar-refractivity contribution in [1.82, 2.24) is 0 Å². The van der Waals surface area contributed by atoms with Gasteiger partial charge in [0.05, 0.1) is 6.10 Å². The molecule has 0 aliphatic heterocycles. The minimum atomic E-state index is -0.0991. The van der Waals surface area contributed by atoms with Crippen molar-refractivity contribution >= 4 is 11.6 Å². The van der Waals surface area contributed by atoms with Gasteiger partial charge in [0.1, 0.15) is 5.75 Å². The Kier molecular flexibility index (Phi) is 4.42. The van der Waals surface area contributed by atoms with E-state index in [9.17, 15) is 4.79 Å². The molecule has 3 heteroatoms. The molecule has 2 aromatic rings. The third-order valence-electron chi connectivity index (χ3n) is 4.01. The van der Waals surface area contributed by atoms with Crippen molar-refractivity contribution in [3.05, 3.63) is 59.7 Å². The average molecular weight is 295 g/mol. The second-order valence-electron chi connectivity index (χ2n) is 5.87. The Morgan fingerprint density at radius 3 is 2.55 bits per heavy atom. The van der Waals surface area contributed by atoms with E-state index < -0.39 is 0 Å². The van der Waals surface area contributed by atoms with Crippen molar-refractivity contribution in [2.45, 2.75) is 38.7 Å². The van der Waals surface area contributed by atoms with Crippen molar-refractivity contribution in [2.24, 2.45) is 0 Å². The molecule has 0 spiro atoms. The number of anilines is 1. The molecule has 1 amide bonds. The van der Waals surface area contributed by atoms with Crippen molar-refractivity contribution in [2.75, 3.05) is 5.32 Å². The number of rotatable bonds is 4. The zero-order chi connectivity index (χ0) is 15.4. The van der Waals surface area contributed by atoms with Crippen LogP contribution in [0.5, 0.6) is 5.75 Å². The fourth-order valence-electron chi connectivity index (χ4n) is 2.75. The topological polar surface area (TPSA) is 38.3 Å². The molecule has 3 rings (SSSR count). The summed E-state index contributed by atoms with van der Waals surface area (Å²) in [5.41, 5.74) is 2.57. The minimum Gasteiger partial charge on any atom is -0.490 e.